The highest BCUT2D eigenvalue weighted by molar-refractivity contribution is 4.40. The van der Waals surface area contributed by atoms with Crippen molar-refractivity contribution in [1.29, 1.82) is 0 Å². The van der Waals surface area contributed by atoms with Crippen LogP contribution in [-0.2, 0) is 0 Å². The predicted octanol–water partition coefficient (Wildman–Crippen LogP) is 2.58. The molecule has 0 aromatic carbocycles. The van der Waals surface area contributed by atoms with Crippen LogP contribution >= 0.6 is 0 Å². The van der Waals surface area contributed by atoms with Gasteiger partial charge < -0.3 is 5.11 Å². The van der Waals surface area contributed by atoms with E-state index in [9.17, 15) is 0 Å². The molecule has 1 heteroatoms. The van der Waals surface area contributed by atoms with Crippen molar-refractivity contribution in [3.8, 4) is 0 Å². The van der Waals surface area contributed by atoms with Crippen molar-refractivity contribution in [3.63, 3.8) is 0 Å². The highest BCUT2D eigenvalue weighted by atomic mass is 16.3. The third kappa shape index (κ3) is 32.3. The van der Waals surface area contributed by atoms with Crippen LogP contribution in [0.4, 0.5) is 0 Å². The zero-order valence-corrected chi connectivity index (χ0v) is 7.15. The van der Waals surface area contributed by atoms with Gasteiger partial charge in [-0.15, -0.1) is 0 Å². The van der Waals surface area contributed by atoms with Crippen molar-refractivity contribution in [2.24, 2.45) is 0 Å². The molecule has 0 bridgehead atoms. The summed E-state index contributed by atoms with van der Waals surface area (Å²) in [6.45, 7) is 8.12. The first-order valence-electron chi connectivity index (χ1n) is 3.87. The maximum absolute atomic E-state index is 8.55. The second kappa shape index (κ2) is 10.9. The predicted molar refractivity (Wildman–Crippen MR) is 42.6 cm³/mol. The van der Waals surface area contributed by atoms with E-state index in [4.69, 9.17) is 5.11 Å². The van der Waals surface area contributed by atoms with Crippen LogP contribution in [0.3, 0.4) is 0 Å². The van der Waals surface area contributed by atoms with Crippen LogP contribution in [0.1, 0.15) is 47.0 Å². The van der Waals surface area contributed by atoms with E-state index in [1.54, 1.807) is 0 Å². The van der Waals surface area contributed by atoms with Crippen molar-refractivity contribution in [2.45, 2.75) is 53.1 Å². The van der Waals surface area contributed by atoms with E-state index >= 15 is 0 Å². The summed E-state index contributed by atoms with van der Waals surface area (Å²) in [4.78, 5) is 0. The number of hydrogen-bond donors (Lipinski definition) is 1. The van der Waals surface area contributed by atoms with Crippen LogP contribution < -0.4 is 0 Å². The van der Waals surface area contributed by atoms with Crippen LogP contribution in [0.5, 0.6) is 0 Å². The Balaban J connectivity index is 0. The Kier molecular flexibility index (Phi) is 14.1. The molecule has 1 nitrogen and oxygen atoms in total. The van der Waals surface area contributed by atoms with Crippen LogP contribution in [-0.4, -0.2) is 11.2 Å². The summed E-state index contributed by atoms with van der Waals surface area (Å²) in [7, 11) is 0. The Bertz CT molecular complexity index is 33.5. The smallest absolute Gasteiger partial charge is 0.0512 e. The normalized spacial score (nSPS) is 11.7. The SMILES string of the molecule is CCC.CCCC(C)O. The van der Waals surface area contributed by atoms with E-state index in [1.807, 2.05) is 6.92 Å². The molecule has 9 heavy (non-hydrogen) atoms. The molecule has 1 atom stereocenters. The summed E-state index contributed by atoms with van der Waals surface area (Å²) < 4.78 is 0. The standard InChI is InChI=1S/C5H12O.C3H8/c1-3-4-5(2)6;1-3-2/h5-6H,3-4H2,1-2H3;3H2,1-2H3. The fraction of sp³-hybridized carbons (Fsp3) is 1.00. The molecule has 58 valence electrons. The summed E-state index contributed by atoms with van der Waals surface area (Å²) in [6.07, 6.45) is 3.16. The zero-order chi connectivity index (χ0) is 7.70. The van der Waals surface area contributed by atoms with E-state index < -0.39 is 0 Å². The van der Waals surface area contributed by atoms with Gasteiger partial charge in [-0.25, -0.2) is 0 Å². The number of rotatable bonds is 2. The van der Waals surface area contributed by atoms with E-state index in [-0.39, 0.29) is 6.10 Å². The molecule has 0 radical (unpaired) electrons. The maximum Gasteiger partial charge on any atom is 0.0512 e. The molecule has 0 saturated heterocycles. The number of hydrogen-bond acceptors (Lipinski definition) is 1. The van der Waals surface area contributed by atoms with E-state index in [0.29, 0.717) is 0 Å². The molecule has 0 rings (SSSR count). The molecule has 0 aromatic rings. The van der Waals surface area contributed by atoms with E-state index in [1.165, 1.54) is 6.42 Å². The number of aliphatic hydroxyl groups is 1. The lowest BCUT2D eigenvalue weighted by Crippen LogP contribution is -1.95. The zero-order valence-electron chi connectivity index (χ0n) is 7.15. The lowest BCUT2D eigenvalue weighted by atomic mass is 10.2. The molecule has 0 fully saturated rings. The molecule has 0 amide bonds. The van der Waals surface area contributed by atoms with Gasteiger partial charge >= 0.3 is 0 Å². The first kappa shape index (κ1) is 11.7. The molecular formula is C8H20O. The first-order chi connectivity index (χ1) is 4.18. The second-order valence-electron chi connectivity index (χ2n) is 2.34. The fourth-order valence-electron chi connectivity index (χ4n) is 0.418. The van der Waals surface area contributed by atoms with Crippen molar-refractivity contribution < 1.29 is 5.11 Å². The van der Waals surface area contributed by atoms with Crippen molar-refractivity contribution in [2.75, 3.05) is 0 Å². The Morgan fingerprint density at radius 3 is 1.56 bits per heavy atom. The third-order valence-corrected chi connectivity index (χ3v) is 0.706. The van der Waals surface area contributed by atoms with Crippen LogP contribution in [0.15, 0.2) is 0 Å². The van der Waals surface area contributed by atoms with E-state index in [2.05, 4.69) is 20.8 Å². The highest BCUT2D eigenvalue weighted by Gasteiger charge is 1.87. The van der Waals surface area contributed by atoms with Gasteiger partial charge in [0.2, 0.25) is 0 Å². The van der Waals surface area contributed by atoms with Gasteiger partial charge in [-0.3, -0.25) is 0 Å². The minimum atomic E-state index is -0.102. The second-order valence-corrected chi connectivity index (χ2v) is 2.34. The van der Waals surface area contributed by atoms with Gasteiger partial charge in [-0.2, -0.15) is 0 Å². The van der Waals surface area contributed by atoms with Gasteiger partial charge in [-0.05, 0) is 13.3 Å². The Hall–Kier alpha value is -0.0400. The average molecular weight is 132 g/mol. The molecule has 0 aliphatic carbocycles. The Morgan fingerprint density at radius 1 is 1.22 bits per heavy atom. The van der Waals surface area contributed by atoms with Gasteiger partial charge in [0.05, 0.1) is 6.10 Å². The molecule has 0 spiro atoms. The Labute approximate surface area is 59.1 Å². The van der Waals surface area contributed by atoms with Gasteiger partial charge in [-0.1, -0.05) is 33.6 Å². The van der Waals surface area contributed by atoms with Gasteiger partial charge in [0, 0.05) is 0 Å². The van der Waals surface area contributed by atoms with Crippen molar-refractivity contribution in [3.05, 3.63) is 0 Å². The molecule has 0 aliphatic rings. The lowest BCUT2D eigenvalue weighted by molar-refractivity contribution is 0.183. The average Bonchev–Trinajstić information content (AvgIpc) is 1.67. The lowest BCUT2D eigenvalue weighted by Gasteiger charge is -1.95. The summed E-state index contributed by atoms with van der Waals surface area (Å²) in [5, 5.41) is 8.55. The third-order valence-electron chi connectivity index (χ3n) is 0.706. The minimum Gasteiger partial charge on any atom is -0.393 e. The first-order valence-corrected chi connectivity index (χ1v) is 3.87. The molecular weight excluding hydrogens is 112 g/mol. The maximum atomic E-state index is 8.55. The summed E-state index contributed by atoms with van der Waals surface area (Å²) in [5.41, 5.74) is 0. The summed E-state index contributed by atoms with van der Waals surface area (Å²) >= 11 is 0. The fourth-order valence-corrected chi connectivity index (χ4v) is 0.418. The summed E-state index contributed by atoms with van der Waals surface area (Å²) in [5.74, 6) is 0. The molecule has 0 aromatic heterocycles. The van der Waals surface area contributed by atoms with Crippen molar-refractivity contribution >= 4 is 0 Å². The molecule has 0 saturated carbocycles. The molecule has 1 unspecified atom stereocenters. The van der Waals surface area contributed by atoms with Crippen molar-refractivity contribution in [1.82, 2.24) is 0 Å². The molecule has 0 heterocycles. The number of aliphatic hydroxyl groups excluding tert-OH is 1. The van der Waals surface area contributed by atoms with E-state index in [0.717, 1.165) is 12.8 Å². The quantitative estimate of drug-likeness (QED) is 0.612. The Morgan fingerprint density at radius 2 is 1.56 bits per heavy atom. The van der Waals surface area contributed by atoms with Crippen LogP contribution in [0.25, 0.3) is 0 Å². The van der Waals surface area contributed by atoms with Crippen LogP contribution in [0, 0.1) is 0 Å². The molecule has 1 N–H and O–H groups in total. The van der Waals surface area contributed by atoms with Gasteiger partial charge in [0.25, 0.3) is 0 Å². The van der Waals surface area contributed by atoms with Gasteiger partial charge in [0.15, 0.2) is 0 Å². The highest BCUT2D eigenvalue weighted by Crippen LogP contribution is 1.91. The monoisotopic (exact) mass is 132 g/mol. The topological polar surface area (TPSA) is 20.2 Å². The van der Waals surface area contributed by atoms with Gasteiger partial charge in [0.1, 0.15) is 0 Å². The van der Waals surface area contributed by atoms with Crippen LogP contribution in [0.2, 0.25) is 0 Å². The summed E-state index contributed by atoms with van der Waals surface area (Å²) in [6, 6.07) is 0. The minimum absolute atomic E-state index is 0.102. The molecule has 0 aliphatic heterocycles. The largest absolute Gasteiger partial charge is 0.393 e.